The number of nitrogens with one attached hydrogen (secondary N) is 1. The SMILES string of the molecule is CC(C)(C)CC(C)(C)NC(=O)CCCN(c1ccccc1Oc1ccccc1)S(C)(=O)=O. The van der Waals surface area contributed by atoms with Crippen LogP contribution in [0.5, 0.6) is 11.5 Å². The molecule has 0 aliphatic carbocycles. The van der Waals surface area contributed by atoms with Crippen LogP contribution in [0.1, 0.15) is 53.9 Å². The Bertz CT molecular complexity index is 996. The van der Waals surface area contributed by atoms with E-state index >= 15 is 0 Å². The Hall–Kier alpha value is -2.54. The van der Waals surface area contributed by atoms with Crippen molar-refractivity contribution in [3.63, 3.8) is 0 Å². The fraction of sp³-hybridized carbons (Fsp3) is 0.480. The molecular formula is C25H36N2O4S. The topological polar surface area (TPSA) is 75.7 Å². The van der Waals surface area contributed by atoms with Gasteiger partial charge in [-0.05, 0) is 56.4 Å². The summed E-state index contributed by atoms with van der Waals surface area (Å²) >= 11 is 0. The Morgan fingerprint density at radius 2 is 1.56 bits per heavy atom. The average molecular weight is 461 g/mol. The van der Waals surface area contributed by atoms with E-state index in [-0.39, 0.29) is 29.8 Å². The number of rotatable bonds is 10. The first-order valence-corrected chi connectivity index (χ1v) is 12.7. The molecule has 0 spiro atoms. The minimum atomic E-state index is -3.57. The van der Waals surface area contributed by atoms with Gasteiger partial charge < -0.3 is 10.1 Å². The zero-order chi connectivity index (χ0) is 24.0. The largest absolute Gasteiger partial charge is 0.455 e. The van der Waals surface area contributed by atoms with Crippen molar-refractivity contribution in [1.82, 2.24) is 5.32 Å². The van der Waals surface area contributed by atoms with Crippen molar-refractivity contribution in [3.05, 3.63) is 54.6 Å². The van der Waals surface area contributed by atoms with Crippen LogP contribution in [0.4, 0.5) is 5.69 Å². The van der Waals surface area contributed by atoms with E-state index in [2.05, 4.69) is 26.1 Å². The average Bonchev–Trinajstić information content (AvgIpc) is 2.63. The molecule has 2 aromatic rings. The molecule has 176 valence electrons. The summed E-state index contributed by atoms with van der Waals surface area (Å²) in [5.74, 6) is 0.982. The maximum atomic E-state index is 12.6. The predicted molar refractivity (Wildman–Crippen MR) is 131 cm³/mol. The van der Waals surface area contributed by atoms with E-state index in [0.29, 0.717) is 23.6 Å². The number of benzene rings is 2. The number of amides is 1. The highest BCUT2D eigenvalue weighted by molar-refractivity contribution is 7.92. The summed E-state index contributed by atoms with van der Waals surface area (Å²) in [7, 11) is -3.57. The lowest BCUT2D eigenvalue weighted by Crippen LogP contribution is -2.46. The molecule has 0 unspecified atom stereocenters. The summed E-state index contributed by atoms with van der Waals surface area (Å²) in [6.07, 6.45) is 2.63. The third-order valence-corrected chi connectivity index (χ3v) is 5.90. The van der Waals surface area contributed by atoms with E-state index < -0.39 is 10.0 Å². The third-order valence-electron chi connectivity index (χ3n) is 4.72. The molecule has 1 N–H and O–H groups in total. The van der Waals surface area contributed by atoms with E-state index in [1.165, 1.54) is 10.6 Å². The second-order valence-corrected chi connectivity index (χ2v) is 11.9. The zero-order valence-corrected chi connectivity index (χ0v) is 20.8. The Morgan fingerprint density at radius 1 is 0.969 bits per heavy atom. The first-order valence-electron chi connectivity index (χ1n) is 10.9. The van der Waals surface area contributed by atoms with Gasteiger partial charge in [-0.2, -0.15) is 0 Å². The molecule has 0 radical (unpaired) electrons. The van der Waals surface area contributed by atoms with E-state index in [0.717, 1.165) is 6.42 Å². The number of sulfonamides is 1. The second-order valence-electron chi connectivity index (χ2n) is 9.99. The van der Waals surface area contributed by atoms with Gasteiger partial charge in [0, 0.05) is 18.5 Å². The van der Waals surface area contributed by atoms with Gasteiger partial charge in [-0.15, -0.1) is 0 Å². The standard InChI is InChI=1S/C25H36N2O4S/c1-24(2,3)19-25(4,5)26-23(28)17-12-18-27(32(6,29)30)21-15-10-11-16-22(21)31-20-13-8-7-9-14-20/h7-11,13-16H,12,17-19H2,1-6H3,(H,26,28). The summed E-state index contributed by atoms with van der Waals surface area (Å²) in [6, 6.07) is 16.2. The maximum Gasteiger partial charge on any atom is 0.232 e. The highest BCUT2D eigenvalue weighted by Gasteiger charge is 2.27. The molecule has 2 aromatic carbocycles. The molecular weight excluding hydrogens is 424 g/mol. The molecule has 0 heterocycles. The van der Waals surface area contributed by atoms with Crippen LogP contribution in [-0.4, -0.2) is 32.7 Å². The van der Waals surface area contributed by atoms with Crippen LogP contribution in [0.2, 0.25) is 0 Å². The van der Waals surface area contributed by atoms with Gasteiger partial charge in [0.05, 0.1) is 11.9 Å². The highest BCUT2D eigenvalue weighted by atomic mass is 32.2. The molecule has 0 fully saturated rings. The number of anilines is 1. The van der Waals surface area contributed by atoms with Gasteiger partial charge in [0.25, 0.3) is 0 Å². The molecule has 0 bridgehead atoms. The summed E-state index contributed by atoms with van der Waals surface area (Å²) in [4.78, 5) is 12.5. The van der Waals surface area contributed by atoms with Crippen molar-refractivity contribution < 1.29 is 17.9 Å². The van der Waals surface area contributed by atoms with Crippen LogP contribution >= 0.6 is 0 Å². The van der Waals surface area contributed by atoms with Gasteiger partial charge in [0.1, 0.15) is 5.75 Å². The van der Waals surface area contributed by atoms with Crippen LogP contribution in [-0.2, 0) is 14.8 Å². The minimum Gasteiger partial charge on any atom is -0.455 e. The van der Waals surface area contributed by atoms with Gasteiger partial charge in [-0.3, -0.25) is 9.10 Å². The Labute approximate surface area is 193 Å². The molecule has 1 amide bonds. The van der Waals surface area contributed by atoms with E-state index in [4.69, 9.17) is 4.74 Å². The number of carbonyl (C=O) groups excluding carboxylic acids is 1. The minimum absolute atomic E-state index is 0.0819. The number of ether oxygens (including phenoxy) is 1. The molecule has 0 aliphatic rings. The first kappa shape index (κ1) is 25.7. The van der Waals surface area contributed by atoms with E-state index in [9.17, 15) is 13.2 Å². The Morgan fingerprint density at radius 3 is 2.16 bits per heavy atom. The normalized spacial score (nSPS) is 12.3. The lowest BCUT2D eigenvalue weighted by molar-refractivity contribution is -0.123. The smallest absolute Gasteiger partial charge is 0.232 e. The number of hydrogen-bond donors (Lipinski definition) is 1. The molecule has 0 aromatic heterocycles. The maximum absolute atomic E-state index is 12.6. The van der Waals surface area contributed by atoms with Gasteiger partial charge >= 0.3 is 0 Å². The van der Waals surface area contributed by atoms with Crippen LogP contribution in [0.3, 0.4) is 0 Å². The number of para-hydroxylation sites is 3. The number of carbonyl (C=O) groups is 1. The van der Waals surface area contributed by atoms with Crippen LogP contribution in [0, 0.1) is 5.41 Å². The van der Waals surface area contributed by atoms with Crippen molar-refractivity contribution in [1.29, 1.82) is 0 Å². The van der Waals surface area contributed by atoms with Crippen molar-refractivity contribution in [2.45, 2.75) is 59.4 Å². The Kier molecular flexibility index (Phi) is 8.35. The summed E-state index contributed by atoms with van der Waals surface area (Å²) < 4.78 is 32.4. The van der Waals surface area contributed by atoms with Gasteiger partial charge in [0.15, 0.2) is 5.75 Å². The van der Waals surface area contributed by atoms with Crippen molar-refractivity contribution >= 4 is 21.6 Å². The van der Waals surface area contributed by atoms with Crippen molar-refractivity contribution in [3.8, 4) is 11.5 Å². The molecule has 0 saturated carbocycles. The lowest BCUT2D eigenvalue weighted by atomic mass is 9.82. The molecule has 6 nitrogen and oxygen atoms in total. The fourth-order valence-corrected chi connectivity index (χ4v) is 4.99. The second kappa shape index (κ2) is 10.4. The summed E-state index contributed by atoms with van der Waals surface area (Å²) in [6.45, 7) is 10.6. The van der Waals surface area contributed by atoms with Crippen LogP contribution in [0.15, 0.2) is 54.6 Å². The van der Waals surface area contributed by atoms with E-state index in [1.54, 1.807) is 24.3 Å². The van der Waals surface area contributed by atoms with Gasteiger partial charge in [-0.25, -0.2) is 8.42 Å². The van der Waals surface area contributed by atoms with E-state index in [1.807, 2.05) is 44.2 Å². The summed E-state index contributed by atoms with van der Waals surface area (Å²) in [5.41, 5.74) is 0.209. The van der Waals surface area contributed by atoms with Gasteiger partial charge in [0.2, 0.25) is 15.9 Å². The number of hydrogen-bond acceptors (Lipinski definition) is 4. The molecule has 0 aliphatic heterocycles. The molecule has 32 heavy (non-hydrogen) atoms. The molecule has 2 rings (SSSR count). The Balaban J connectivity index is 2.09. The zero-order valence-electron chi connectivity index (χ0n) is 20.0. The summed E-state index contributed by atoms with van der Waals surface area (Å²) in [5, 5.41) is 3.08. The van der Waals surface area contributed by atoms with Crippen molar-refractivity contribution in [2.75, 3.05) is 17.1 Å². The first-order chi connectivity index (χ1) is 14.8. The van der Waals surface area contributed by atoms with Gasteiger partial charge in [-0.1, -0.05) is 51.1 Å². The monoisotopic (exact) mass is 460 g/mol. The number of nitrogens with zero attached hydrogens (tertiary/aromatic N) is 1. The molecule has 0 saturated heterocycles. The van der Waals surface area contributed by atoms with Crippen LogP contribution in [0.25, 0.3) is 0 Å². The lowest BCUT2D eigenvalue weighted by Gasteiger charge is -2.33. The van der Waals surface area contributed by atoms with Crippen molar-refractivity contribution in [2.24, 2.45) is 5.41 Å². The predicted octanol–water partition coefficient (Wildman–Crippen LogP) is 5.36. The quantitative estimate of drug-likeness (QED) is 0.518. The molecule has 7 heteroatoms. The fourth-order valence-electron chi connectivity index (χ4n) is 4.02. The third kappa shape index (κ3) is 8.54. The van der Waals surface area contributed by atoms with Crippen LogP contribution < -0.4 is 14.4 Å². The highest BCUT2D eigenvalue weighted by Crippen LogP contribution is 2.33. The molecule has 0 atom stereocenters.